The summed E-state index contributed by atoms with van der Waals surface area (Å²) < 4.78 is 5.42. The third-order valence-corrected chi connectivity index (χ3v) is 3.20. The fraction of sp³-hybridized carbons (Fsp3) is 0.417. The van der Waals surface area contributed by atoms with Crippen molar-refractivity contribution in [2.75, 3.05) is 7.11 Å². The minimum absolute atomic E-state index is 0.175. The molecule has 1 aromatic carbocycles. The number of ether oxygens (including phenoxy) is 1. The number of hydrogen-bond acceptors (Lipinski definition) is 3. The van der Waals surface area contributed by atoms with Gasteiger partial charge in [-0.3, -0.25) is 4.79 Å². The average Bonchev–Trinajstić information content (AvgIpc) is 2.28. The molecule has 0 aliphatic heterocycles. The van der Waals surface area contributed by atoms with Gasteiger partial charge in [0.25, 0.3) is 0 Å². The molecule has 1 N–H and O–H groups in total. The highest BCUT2D eigenvalue weighted by Gasteiger charge is 2.21. The molecule has 88 valence electrons. The zero-order valence-electron chi connectivity index (χ0n) is 9.31. The molecule has 0 amide bonds. The smallest absolute Gasteiger partial charge is 0.305 e. The molecule has 16 heavy (non-hydrogen) atoms. The van der Waals surface area contributed by atoms with Crippen LogP contribution in [0.25, 0.3) is 0 Å². The molecule has 0 saturated carbocycles. The maximum Gasteiger partial charge on any atom is 0.305 e. The zero-order chi connectivity index (χ0) is 12.1. The molecule has 2 unspecified atom stereocenters. The quantitative estimate of drug-likeness (QED) is 0.866. The maximum atomic E-state index is 11.1. The lowest BCUT2D eigenvalue weighted by Crippen LogP contribution is -2.15. The summed E-state index contributed by atoms with van der Waals surface area (Å²) in [4.78, 5) is 11.1. The Morgan fingerprint density at radius 2 is 2.12 bits per heavy atom. The van der Waals surface area contributed by atoms with Crippen LogP contribution in [0.2, 0.25) is 0 Å². The highest BCUT2D eigenvalue weighted by atomic mass is 79.9. The van der Waals surface area contributed by atoms with Gasteiger partial charge in [0, 0.05) is 4.47 Å². The van der Waals surface area contributed by atoms with Crippen LogP contribution in [0.3, 0.4) is 0 Å². The van der Waals surface area contributed by atoms with Crippen molar-refractivity contribution in [1.29, 1.82) is 0 Å². The molecule has 0 aliphatic rings. The van der Waals surface area contributed by atoms with Crippen LogP contribution >= 0.6 is 15.9 Å². The van der Waals surface area contributed by atoms with Crippen molar-refractivity contribution < 1.29 is 14.6 Å². The third-order valence-electron chi connectivity index (χ3n) is 2.48. The summed E-state index contributed by atoms with van der Waals surface area (Å²) in [5, 5.41) is 10.1. The lowest BCUT2D eigenvalue weighted by Gasteiger charge is -2.19. The second kappa shape index (κ2) is 6.01. The molecule has 0 fully saturated rings. The topological polar surface area (TPSA) is 46.5 Å². The summed E-state index contributed by atoms with van der Waals surface area (Å²) >= 11 is 3.37. The number of carbonyl (C=O) groups is 1. The van der Waals surface area contributed by atoms with Gasteiger partial charge in [-0.05, 0) is 17.5 Å². The first-order chi connectivity index (χ1) is 7.56. The van der Waals surface area contributed by atoms with E-state index in [1.807, 2.05) is 31.2 Å². The number of hydrogen-bond donors (Lipinski definition) is 1. The van der Waals surface area contributed by atoms with Crippen molar-refractivity contribution in [1.82, 2.24) is 0 Å². The number of halogens is 1. The fourth-order valence-electron chi connectivity index (χ4n) is 1.48. The van der Waals surface area contributed by atoms with Crippen LogP contribution in [0.15, 0.2) is 28.7 Å². The lowest BCUT2D eigenvalue weighted by atomic mass is 9.95. The van der Waals surface area contributed by atoms with Crippen LogP contribution in [0.1, 0.15) is 25.0 Å². The number of esters is 1. The number of rotatable bonds is 4. The van der Waals surface area contributed by atoms with Crippen LogP contribution in [-0.4, -0.2) is 18.2 Å². The van der Waals surface area contributed by atoms with Gasteiger partial charge in [0.15, 0.2) is 0 Å². The van der Waals surface area contributed by atoms with E-state index in [0.29, 0.717) is 0 Å². The van der Waals surface area contributed by atoms with Crippen molar-refractivity contribution in [3.05, 3.63) is 34.3 Å². The van der Waals surface area contributed by atoms with Crippen LogP contribution in [-0.2, 0) is 9.53 Å². The standard InChI is InChI=1S/C12H15BrO3/c1-8(7-11(14)16-2)12(15)9-5-3-4-6-10(9)13/h3-6,8,12,15H,7H2,1-2H3. The van der Waals surface area contributed by atoms with Gasteiger partial charge in [0.1, 0.15) is 0 Å². The Labute approximate surface area is 104 Å². The molecular formula is C12H15BrO3. The van der Waals surface area contributed by atoms with Crippen molar-refractivity contribution in [2.24, 2.45) is 5.92 Å². The highest BCUT2D eigenvalue weighted by molar-refractivity contribution is 9.10. The molecule has 3 nitrogen and oxygen atoms in total. The van der Waals surface area contributed by atoms with Crippen LogP contribution in [0.5, 0.6) is 0 Å². The Balaban J connectivity index is 2.74. The number of aliphatic hydroxyl groups excluding tert-OH is 1. The Bertz CT molecular complexity index is 365. The molecule has 4 heteroatoms. The van der Waals surface area contributed by atoms with Gasteiger partial charge in [-0.15, -0.1) is 0 Å². The molecule has 0 bridgehead atoms. The molecule has 0 aliphatic carbocycles. The molecule has 0 spiro atoms. The Hall–Kier alpha value is -0.870. The first-order valence-corrected chi connectivity index (χ1v) is 5.85. The van der Waals surface area contributed by atoms with E-state index < -0.39 is 6.10 Å². The predicted octanol–water partition coefficient (Wildman–Crippen LogP) is 2.68. The van der Waals surface area contributed by atoms with Crippen LogP contribution in [0.4, 0.5) is 0 Å². The van der Waals surface area contributed by atoms with Crippen molar-refractivity contribution in [3.63, 3.8) is 0 Å². The van der Waals surface area contributed by atoms with Gasteiger partial charge in [-0.2, -0.15) is 0 Å². The number of methoxy groups -OCH3 is 1. The van der Waals surface area contributed by atoms with E-state index in [-0.39, 0.29) is 18.3 Å². The van der Waals surface area contributed by atoms with Crippen molar-refractivity contribution in [3.8, 4) is 0 Å². The van der Waals surface area contributed by atoms with Gasteiger partial charge < -0.3 is 9.84 Å². The van der Waals surface area contributed by atoms with E-state index in [0.717, 1.165) is 10.0 Å². The van der Waals surface area contributed by atoms with E-state index >= 15 is 0 Å². The summed E-state index contributed by atoms with van der Waals surface area (Å²) in [5.41, 5.74) is 0.791. The van der Waals surface area contributed by atoms with Gasteiger partial charge >= 0.3 is 5.97 Å². The third kappa shape index (κ3) is 3.32. The second-order valence-electron chi connectivity index (χ2n) is 3.72. The normalized spacial score (nSPS) is 14.2. The first-order valence-electron chi connectivity index (χ1n) is 5.05. The summed E-state index contributed by atoms with van der Waals surface area (Å²) in [6.07, 6.45) is -0.464. The average molecular weight is 287 g/mol. The predicted molar refractivity (Wildman–Crippen MR) is 64.9 cm³/mol. The van der Waals surface area contributed by atoms with Gasteiger partial charge in [-0.1, -0.05) is 41.1 Å². The van der Waals surface area contributed by atoms with E-state index in [9.17, 15) is 9.90 Å². The molecule has 1 aromatic rings. The molecular weight excluding hydrogens is 272 g/mol. The summed E-state index contributed by atoms with van der Waals surface area (Å²) in [5.74, 6) is -0.482. The minimum Gasteiger partial charge on any atom is -0.469 e. The largest absolute Gasteiger partial charge is 0.469 e. The second-order valence-corrected chi connectivity index (χ2v) is 4.58. The fourth-order valence-corrected chi connectivity index (χ4v) is 2.00. The minimum atomic E-state index is -0.672. The SMILES string of the molecule is COC(=O)CC(C)C(O)c1ccccc1Br. The van der Waals surface area contributed by atoms with Gasteiger partial charge in [-0.25, -0.2) is 0 Å². The monoisotopic (exact) mass is 286 g/mol. The van der Waals surface area contributed by atoms with Crippen molar-refractivity contribution in [2.45, 2.75) is 19.4 Å². The van der Waals surface area contributed by atoms with Gasteiger partial charge in [0.05, 0.1) is 19.6 Å². The van der Waals surface area contributed by atoms with E-state index in [4.69, 9.17) is 0 Å². The summed E-state index contributed by atoms with van der Waals surface area (Å²) in [6, 6.07) is 7.44. The van der Waals surface area contributed by atoms with Crippen LogP contribution < -0.4 is 0 Å². The Morgan fingerprint density at radius 1 is 1.50 bits per heavy atom. The number of aliphatic hydroxyl groups is 1. The molecule has 2 atom stereocenters. The summed E-state index contributed by atoms with van der Waals surface area (Å²) in [6.45, 7) is 1.82. The number of benzene rings is 1. The van der Waals surface area contributed by atoms with Crippen molar-refractivity contribution >= 4 is 21.9 Å². The molecule has 0 saturated heterocycles. The molecule has 0 radical (unpaired) electrons. The van der Waals surface area contributed by atoms with E-state index in [2.05, 4.69) is 20.7 Å². The van der Waals surface area contributed by atoms with E-state index in [1.54, 1.807) is 0 Å². The van der Waals surface area contributed by atoms with Crippen LogP contribution in [0, 0.1) is 5.92 Å². The summed E-state index contributed by atoms with van der Waals surface area (Å²) in [7, 11) is 1.35. The Morgan fingerprint density at radius 3 is 2.69 bits per heavy atom. The zero-order valence-corrected chi connectivity index (χ0v) is 10.9. The molecule has 0 aromatic heterocycles. The maximum absolute atomic E-state index is 11.1. The highest BCUT2D eigenvalue weighted by Crippen LogP contribution is 2.29. The van der Waals surface area contributed by atoms with Gasteiger partial charge in [0.2, 0.25) is 0 Å². The molecule has 1 rings (SSSR count). The first kappa shape index (κ1) is 13.2. The van der Waals surface area contributed by atoms with E-state index in [1.165, 1.54) is 7.11 Å². The molecule has 0 heterocycles. The Kier molecular flexibility index (Phi) is 4.96. The number of carbonyl (C=O) groups excluding carboxylic acids is 1. The lowest BCUT2D eigenvalue weighted by molar-refractivity contribution is -0.142.